The van der Waals surface area contributed by atoms with E-state index in [2.05, 4.69) is 24.2 Å². The third-order valence-electron chi connectivity index (χ3n) is 3.61. The second-order valence-corrected chi connectivity index (χ2v) is 4.89. The van der Waals surface area contributed by atoms with Crippen LogP contribution >= 0.6 is 0 Å². The lowest BCUT2D eigenvalue weighted by Gasteiger charge is -2.39. The van der Waals surface area contributed by atoms with E-state index >= 15 is 0 Å². The molecule has 4 heteroatoms. The van der Waals surface area contributed by atoms with Crippen LogP contribution in [0.15, 0.2) is 0 Å². The Morgan fingerprint density at radius 3 is 2.50 bits per heavy atom. The number of nitrogens with one attached hydrogen (secondary N) is 1. The number of hydrogen-bond donors (Lipinski definition) is 2. The number of nitrogens with two attached hydrogens (primary N) is 1. The number of carbonyl (C=O) groups excluding carboxylic acids is 1. The van der Waals surface area contributed by atoms with E-state index in [0.29, 0.717) is 18.5 Å². The molecule has 1 rings (SSSR count). The largest absolute Gasteiger partial charge is 0.298 e. The molecule has 1 fully saturated rings. The van der Waals surface area contributed by atoms with Crippen LogP contribution in [0.5, 0.6) is 0 Å². The van der Waals surface area contributed by atoms with Gasteiger partial charge in [0.2, 0.25) is 5.91 Å². The highest BCUT2D eigenvalue weighted by molar-refractivity contribution is 5.75. The molecule has 0 unspecified atom stereocenters. The molecule has 0 aromatic heterocycles. The van der Waals surface area contributed by atoms with E-state index in [1.165, 1.54) is 19.3 Å². The van der Waals surface area contributed by atoms with Crippen LogP contribution in [0, 0.1) is 0 Å². The normalized spacial score (nSPS) is 26.7. The Hall–Kier alpha value is -0.610. The monoisotopic (exact) mass is 227 g/mol. The van der Waals surface area contributed by atoms with E-state index in [1.807, 2.05) is 0 Å². The maximum atomic E-state index is 10.9. The van der Waals surface area contributed by atoms with Gasteiger partial charge in [0, 0.05) is 18.5 Å². The molecule has 0 radical (unpaired) electrons. The van der Waals surface area contributed by atoms with Crippen LogP contribution in [0.3, 0.4) is 0 Å². The molecule has 0 saturated carbocycles. The minimum Gasteiger partial charge on any atom is -0.298 e. The number of hydrogen-bond acceptors (Lipinski definition) is 3. The average Bonchev–Trinajstić information content (AvgIpc) is 2.27. The Balaban J connectivity index is 2.17. The fourth-order valence-electron chi connectivity index (χ4n) is 2.57. The summed E-state index contributed by atoms with van der Waals surface area (Å²) in [7, 11) is 0. The maximum absolute atomic E-state index is 10.9. The Bertz CT molecular complexity index is 210. The molecule has 4 nitrogen and oxygen atoms in total. The van der Waals surface area contributed by atoms with Crippen LogP contribution in [0.25, 0.3) is 0 Å². The van der Waals surface area contributed by atoms with Crippen molar-refractivity contribution >= 4 is 5.91 Å². The van der Waals surface area contributed by atoms with Crippen molar-refractivity contribution in [3.63, 3.8) is 0 Å². The summed E-state index contributed by atoms with van der Waals surface area (Å²) in [5.41, 5.74) is 2.17. The van der Waals surface area contributed by atoms with E-state index < -0.39 is 0 Å². The summed E-state index contributed by atoms with van der Waals surface area (Å²) in [5, 5.41) is 0. The molecule has 0 aliphatic carbocycles. The van der Waals surface area contributed by atoms with Crippen molar-refractivity contribution in [3.05, 3.63) is 0 Å². The molecule has 0 spiro atoms. The molecule has 94 valence electrons. The van der Waals surface area contributed by atoms with Crippen molar-refractivity contribution in [1.29, 1.82) is 0 Å². The first-order valence-electron chi connectivity index (χ1n) is 6.40. The number of piperidine rings is 1. The van der Waals surface area contributed by atoms with Crippen LogP contribution in [-0.4, -0.2) is 29.4 Å². The van der Waals surface area contributed by atoms with Gasteiger partial charge in [0.1, 0.15) is 0 Å². The van der Waals surface area contributed by atoms with Crippen molar-refractivity contribution in [2.45, 2.75) is 64.5 Å². The van der Waals surface area contributed by atoms with Gasteiger partial charge < -0.3 is 0 Å². The standard InChI is InChI=1S/C12H25N3O/c1-10-6-5-7-11(2)15(10)9-4-3-8-12(16)14-13/h10-11H,3-9,13H2,1-2H3,(H,14,16)/t10-,11+. The maximum Gasteiger partial charge on any atom is 0.233 e. The van der Waals surface area contributed by atoms with Crippen molar-refractivity contribution < 1.29 is 4.79 Å². The summed E-state index contributed by atoms with van der Waals surface area (Å²) in [6.45, 7) is 5.73. The smallest absolute Gasteiger partial charge is 0.233 e. The van der Waals surface area contributed by atoms with Crippen molar-refractivity contribution in [2.75, 3.05) is 6.54 Å². The molecule has 0 aromatic carbocycles. The van der Waals surface area contributed by atoms with Crippen LogP contribution < -0.4 is 11.3 Å². The van der Waals surface area contributed by atoms with E-state index in [1.54, 1.807) is 0 Å². The second kappa shape index (κ2) is 6.86. The van der Waals surface area contributed by atoms with Gasteiger partial charge >= 0.3 is 0 Å². The zero-order chi connectivity index (χ0) is 12.0. The van der Waals surface area contributed by atoms with Gasteiger partial charge in [-0.15, -0.1) is 0 Å². The van der Waals surface area contributed by atoms with E-state index in [9.17, 15) is 4.79 Å². The van der Waals surface area contributed by atoms with Crippen LogP contribution in [-0.2, 0) is 4.79 Å². The molecule has 1 amide bonds. The lowest BCUT2D eigenvalue weighted by atomic mass is 9.97. The fraction of sp³-hybridized carbons (Fsp3) is 0.917. The minimum absolute atomic E-state index is 0.0558. The second-order valence-electron chi connectivity index (χ2n) is 4.89. The van der Waals surface area contributed by atoms with Gasteiger partial charge in [-0.1, -0.05) is 6.42 Å². The molecule has 0 aromatic rings. The van der Waals surface area contributed by atoms with E-state index in [4.69, 9.17) is 5.84 Å². The average molecular weight is 227 g/mol. The van der Waals surface area contributed by atoms with Gasteiger partial charge in [-0.25, -0.2) is 5.84 Å². The van der Waals surface area contributed by atoms with Gasteiger partial charge in [-0.05, 0) is 46.1 Å². The summed E-state index contributed by atoms with van der Waals surface area (Å²) in [5.74, 6) is 4.98. The Morgan fingerprint density at radius 2 is 1.94 bits per heavy atom. The molecule has 3 N–H and O–H groups in total. The molecule has 2 atom stereocenters. The minimum atomic E-state index is -0.0558. The molecule has 1 aliphatic heterocycles. The van der Waals surface area contributed by atoms with E-state index in [0.717, 1.165) is 19.4 Å². The lowest BCUT2D eigenvalue weighted by molar-refractivity contribution is -0.121. The summed E-state index contributed by atoms with van der Waals surface area (Å²) in [6.07, 6.45) is 6.55. The third-order valence-corrected chi connectivity index (χ3v) is 3.61. The SMILES string of the molecule is C[C@@H]1CCC[C@H](C)N1CCCCC(=O)NN. The predicted octanol–water partition coefficient (Wildman–Crippen LogP) is 1.41. The van der Waals surface area contributed by atoms with Gasteiger partial charge in [0.25, 0.3) is 0 Å². The molecular formula is C12H25N3O. The molecule has 0 bridgehead atoms. The van der Waals surface area contributed by atoms with Gasteiger partial charge in [0.15, 0.2) is 0 Å². The zero-order valence-electron chi connectivity index (χ0n) is 10.5. The summed E-state index contributed by atoms with van der Waals surface area (Å²) in [4.78, 5) is 13.5. The first-order valence-corrected chi connectivity index (χ1v) is 6.40. The topological polar surface area (TPSA) is 58.4 Å². The van der Waals surface area contributed by atoms with Gasteiger partial charge in [-0.3, -0.25) is 15.1 Å². The van der Waals surface area contributed by atoms with Crippen molar-refractivity contribution in [1.82, 2.24) is 10.3 Å². The highest BCUT2D eigenvalue weighted by Gasteiger charge is 2.23. The first kappa shape index (κ1) is 13.5. The van der Waals surface area contributed by atoms with Crippen molar-refractivity contribution in [2.24, 2.45) is 5.84 Å². The van der Waals surface area contributed by atoms with Crippen LogP contribution in [0.4, 0.5) is 0 Å². The Morgan fingerprint density at radius 1 is 1.31 bits per heavy atom. The van der Waals surface area contributed by atoms with Crippen molar-refractivity contribution in [3.8, 4) is 0 Å². The Kier molecular flexibility index (Phi) is 5.77. The summed E-state index contributed by atoms with van der Waals surface area (Å²) < 4.78 is 0. The van der Waals surface area contributed by atoms with Crippen LogP contribution in [0.1, 0.15) is 52.4 Å². The quantitative estimate of drug-likeness (QED) is 0.323. The number of hydrazine groups is 1. The first-order chi connectivity index (χ1) is 7.65. The number of carbonyl (C=O) groups is 1. The number of likely N-dealkylation sites (tertiary alicyclic amines) is 1. The van der Waals surface area contributed by atoms with Gasteiger partial charge in [-0.2, -0.15) is 0 Å². The predicted molar refractivity (Wildman–Crippen MR) is 65.7 cm³/mol. The van der Waals surface area contributed by atoms with Crippen LogP contribution in [0.2, 0.25) is 0 Å². The highest BCUT2D eigenvalue weighted by atomic mass is 16.2. The Labute approximate surface area is 98.5 Å². The number of amides is 1. The van der Waals surface area contributed by atoms with E-state index in [-0.39, 0.29) is 5.91 Å². The number of unbranched alkanes of at least 4 members (excludes halogenated alkanes) is 1. The lowest BCUT2D eigenvalue weighted by Crippen LogP contribution is -2.44. The summed E-state index contributed by atoms with van der Waals surface area (Å²) >= 11 is 0. The molecule has 1 saturated heterocycles. The molecule has 1 heterocycles. The molecule has 1 aliphatic rings. The third kappa shape index (κ3) is 4.10. The van der Waals surface area contributed by atoms with Gasteiger partial charge in [0.05, 0.1) is 0 Å². The fourth-order valence-corrected chi connectivity index (χ4v) is 2.57. The highest BCUT2D eigenvalue weighted by Crippen LogP contribution is 2.22. The molecule has 16 heavy (non-hydrogen) atoms. The molecular weight excluding hydrogens is 202 g/mol. The summed E-state index contributed by atoms with van der Waals surface area (Å²) in [6, 6.07) is 1.40. The number of rotatable bonds is 5. The zero-order valence-corrected chi connectivity index (χ0v) is 10.5. The number of nitrogens with zero attached hydrogens (tertiary/aromatic N) is 1.